The molecule has 1 rings (SSSR count). The monoisotopic (exact) mass is 310 g/mol. The maximum Gasteiger partial charge on any atom is 0.328 e. The average molecular weight is 310 g/mol. The summed E-state index contributed by atoms with van der Waals surface area (Å²) in [7, 11) is 0. The van der Waals surface area contributed by atoms with Gasteiger partial charge in [-0.05, 0) is 36.9 Å². The van der Waals surface area contributed by atoms with Crippen LogP contribution in [0.1, 0.15) is 19.5 Å². The highest BCUT2D eigenvalue weighted by atomic mass is 16.4. The zero-order chi connectivity index (χ0) is 17.1. The van der Waals surface area contributed by atoms with Crippen molar-refractivity contribution in [3.63, 3.8) is 0 Å². The van der Waals surface area contributed by atoms with Crippen LogP contribution in [0.2, 0.25) is 0 Å². The van der Waals surface area contributed by atoms with Crippen LogP contribution in [-0.4, -0.2) is 38.8 Å². The molecular weight excluding hydrogens is 288 g/mol. The first-order chi connectivity index (χ1) is 10.3. The Morgan fingerprint density at radius 2 is 1.77 bits per heavy atom. The summed E-state index contributed by atoms with van der Waals surface area (Å²) >= 11 is 0. The van der Waals surface area contributed by atoms with E-state index in [1.807, 2.05) is 6.07 Å². The van der Waals surface area contributed by atoms with E-state index in [1.165, 1.54) is 6.20 Å². The van der Waals surface area contributed by atoms with Crippen molar-refractivity contribution in [2.75, 3.05) is 6.54 Å². The normalized spacial score (nSPS) is 11.8. The first-order valence-electron chi connectivity index (χ1n) is 6.74. The van der Waals surface area contributed by atoms with Crippen LogP contribution >= 0.6 is 0 Å². The molecule has 22 heavy (non-hydrogen) atoms. The van der Waals surface area contributed by atoms with Gasteiger partial charge in [-0.2, -0.15) is 0 Å². The summed E-state index contributed by atoms with van der Waals surface area (Å²) in [6.07, 6.45) is 3.47. The van der Waals surface area contributed by atoms with Crippen LogP contribution in [0.25, 0.3) is 0 Å². The van der Waals surface area contributed by atoms with Crippen molar-refractivity contribution in [3.8, 4) is 5.75 Å². The average Bonchev–Trinajstić information content (AvgIpc) is 2.45. The molecule has 7 heteroatoms. The Hall–Kier alpha value is -2.41. The molecule has 0 spiro atoms. The minimum atomic E-state index is -1.26. The van der Waals surface area contributed by atoms with Gasteiger partial charge in [0.1, 0.15) is 5.75 Å². The number of carboxylic acid groups (broad SMARTS) is 2. The van der Waals surface area contributed by atoms with Crippen molar-refractivity contribution in [2.24, 2.45) is 17.6 Å². The highest BCUT2D eigenvalue weighted by Crippen LogP contribution is 2.16. The number of aliphatic carboxylic acids is 2. The van der Waals surface area contributed by atoms with Crippen LogP contribution in [0.5, 0.6) is 5.75 Å². The Kier molecular flexibility index (Phi) is 9.20. The summed E-state index contributed by atoms with van der Waals surface area (Å²) in [6.45, 7) is 5.01. The van der Waals surface area contributed by atoms with Gasteiger partial charge in [-0.15, -0.1) is 0 Å². The van der Waals surface area contributed by atoms with Crippen LogP contribution in [-0.2, 0) is 16.0 Å². The lowest BCUT2D eigenvalue weighted by Crippen LogP contribution is -2.22. The molecule has 0 aliphatic carbocycles. The van der Waals surface area contributed by atoms with E-state index in [2.05, 4.69) is 18.8 Å². The molecule has 5 N–H and O–H groups in total. The number of hydrogen-bond acceptors (Lipinski definition) is 5. The van der Waals surface area contributed by atoms with E-state index in [-0.39, 0.29) is 5.75 Å². The lowest BCUT2D eigenvalue weighted by Gasteiger charge is -2.17. The Balaban J connectivity index is 0.000000472. The zero-order valence-electron chi connectivity index (χ0n) is 12.6. The number of aromatic hydroxyl groups is 1. The third kappa shape index (κ3) is 9.49. The minimum absolute atomic E-state index is 0.211. The van der Waals surface area contributed by atoms with Crippen LogP contribution in [0.4, 0.5) is 0 Å². The van der Waals surface area contributed by atoms with Gasteiger partial charge >= 0.3 is 11.9 Å². The van der Waals surface area contributed by atoms with Crippen molar-refractivity contribution in [1.82, 2.24) is 4.98 Å². The fraction of sp³-hybridized carbons (Fsp3) is 0.400. The Bertz CT molecular complexity index is 481. The summed E-state index contributed by atoms with van der Waals surface area (Å²) in [4.78, 5) is 23.3. The summed E-state index contributed by atoms with van der Waals surface area (Å²) in [6, 6.07) is 3.51. The van der Waals surface area contributed by atoms with Crippen LogP contribution in [0.15, 0.2) is 30.5 Å². The van der Waals surface area contributed by atoms with Crippen molar-refractivity contribution in [3.05, 3.63) is 36.2 Å². The number of aromatic nitrogens is 1. The molecule has 0 fully saturated rings. The summed E-state index contributed by atoms with van der Waals surface area (Å²) in [5, 5.41) is 24.7. The number of nitrogens with zero attached hydrogens (tertiary/aromatic N) is 1. The van der Waals surface area contributed by atoms with Crippen LogP contribution in [0, 0.1) is 11.8 Å². The molecule has 0 bridgehead atoms. The van der Waals surface area contributed by atoms with Gasteiger partial charge < -0.3 is 21.1 Å². The molecule has 0 saturated carbocycles. The molecule has 0 aromatic carbocycles. The smallest absolute Gasteiger partial charge is 0.328 e. The Labute approximate surface area is 129 Å². The molecule has 1 aromatic rings. The van der Waals surface area contributed by atoms with Gasteiger partial charge in [-0.25, -0.2) is 9.59 Å². The summed E-state index contributed by atoms with van der Waals surface area (Å²) in [5.74, 6) is -1.27. The van der Waals surface area contributed by atoms with Gasteiger partial charge in [0.15, 0.2) is 0 Å². The summed E-state index contributed by atoms with van der Waals surface area (Å²) in [5.41, 5.74) is 6.67. The third-order valence-electron chi connectivity index (χ3n) is 2.89. The molecule has 0 aliphatic heterocycles. The third-order valence-corrected chi connectivity index (χ3v) is 2.89. The van der Waals surface area contributed by atoms with E-state index < -0.39 is 11.9 Å². The number of pyridine rings is 1. The number of nitrogens with two attached hydrogens (primary N) is 1. The maximum absolute atomic E-state index is 9.55. The van der Waals surface area contributed by atoms with E-state index in [4.69, 9.17) is 21.1 Å². The van der Waals surface area contributed by atoms with E-state index in [1.54, 1.807) is 6.07 Å². The molecule has 122 valence electrons. The van der Waals surface area contributed by atoms with E-state index >= 15 is 0 Å². The van der Waals surface area contributed by atoms with E-state index in [0.717, 1.165) is 12.1 Å². The fourth-order valence-electron chi connectivity index (χ4n) is 1.54. The van der Waals surface area contributed by atoms with Gasteiger partial charge in [0.25, 0.3) is 0 Å². The SMILES string of the molecule is CC(C)C(CN)Cc1ccc(O)cn1.O=C(O)/C=C/C(=O)O. The first-order valence-corrected chi connectivity index (χ1v) is 6.74. The molecule has 0 saturated heterocycles. The maximum atomic E-state index is 9.55. The molecule has 0 amide bonds. The predicted octanol–water partition coefficient (Wildman–Crippen LogP) is 1.27. The highest BCUT2D eigenvalue weighted by Gasteiger charge is 2.12. The molecule has 1 aromatic heterocycles. The number of carboxylic acids is 2. The van der Waals surface area contributed by atoms with Gasteiger partial charge in [-0.1, -0.05) is 13.8 Å². The topological polar surface area (TPSA) is 134 Å². The molecule has 1 unspecified atom stereocenters. The second-order valence-electron chi connectivity index (χ2n) is 4.96. The zero-order valence-corrected chi connectivity index (χ0v) is 12.6. The minimum Gasteiger partial charge on any atom is -0.506 e. The van der Waals surface area contributed by atoms with Crippen molar-refractivity contribution >= 4 is 11.9 Å². The number of hydrogen-bond donors (Lipinski definition) is 4. The molecule has 0 radical (unpaired) electrons. The largest absolute Gasteiger partial charge is 0.506 e. The summed E-state index contributed by atoms with van der Waals surface area (Å²) < 4.78 is 0. The first kappa shape index (κ1) is 19.6. The number of rotatable bonds is 6. The quantitative estimate of drug-likeness (QED) is 0.581. The standard InChI is InChI=1S/C11H18N2O.C4H4O4/c1-8(2)9(6-12)5-10-3-4-11(14)7-13-10;5-3(6)1-2-4(7)8/h3-4,7-9,14H,5-6,12H2,1-2H3;1-2H,(H,5,6)(H,7,8)/b;2-1+. The molecule has 7 nitrogen and oxygen atoms in total. The van der Waals surface area contributed by atoms with Crippen LogP contribution < -0.4 is 5.73 Å². The van der Waals surface area contributed by atoms with E-state index in [0.29, 0.717) is 30.5 Å². The van der Waals surface area contributed by atoms with Crippen LogP contribution in [0.3, 0.4) is 0 Å². The van der Waals surface area contributed by atoms with Gasteiger partial charge in [0.05, 0.1) is 6.20 Å². The highest BCUT2D eigenvalue weighted by molar-refractivity contribution is 5.89. The van der Waals surface area contributed by atoms with Crippen molar-refractivity contribution < 1.29 is 24.9 Å². The Morgan fingerprint density at radius 1 is 1.23 bits per heavy atom. The second kappa shape index (κ2) is 10.3. The van der Waals surface area contributed by atoms with Gasteiger partial charge in [-0.3, -0.25) is 4.98 Å². The lowest BCUT2D eigenvalue weighted by molar-refractivity contribution is -0.134. The molecular formula is C15H22N2O5. The van der Waals surface area contributed by atoms with Crippen molar-refractivity contribution in [2.45, 2.75) is 20.3 Å². The predicted molar refractivity (Wildman–Crippen MR) is 81.4 cm³/mol. The number of carbonyl (C=O) groups is 2. The van der Waals surface area contributed by atoms with Gasteiger partial charge in [0, 0.05) is 17.8 Å². The van der Waals surface area contributed by atoms with E-state index in [9.17, 15) is 9.59 Å². The lowest BCUT2D eigenvalue weighted by atomic mass is 9.91. The second-order valence-corrected chi connectivity index (χ2v) is 4.96. The van der Waals surface area contributed by atoms with Gasteiger partial charge in [0.2, 0.25) is 0 Å². The van der Waals surface area contributed by atoms with Crippen molar-refractivity contribution in [1.29, 1.82) is 0 Å². The Morgan fingerprint density at radius 3 is 2.09 bits per heavy atom. The molecule has 1 heterocycles. The fourth-order valence-corrected chi connectivity index (χ4v) is 1.54. The molecule has 1 atom stereocenters. The molecule has 0 aliphatic rings.